The van der Waals surface area contributed by atoms with E-state index in [-0.39, 0.29) is 6.09 Å². The van der Waals surface area contributed by atoms with E-state index in [1.165, 1.54) is 19.3 Å². The zero-order valence-corrected chi connectivity index (χ0v) is 13.3. The minimum absolute atomic E-state index is 0.301. The van der Waals surface area contributed by atoms with Crippen molar-refractivity contribution in [3.63, 3.8) is 0 Å². The van der Waals surface area contributed by atoms with Crippen molar-refractivity contribution in [3.05, 3.63) is 0 Å². The number of β-amino-alcohol motifs (C(OH)–C–C–N with tert-alkyl or cyclic N) is 1. The number of carbonyl (C=O) groups is 1. The van der Waals surface area contributed by atoms with Crippen LogP contribution in [0.1, 0.15) is 59.8 Å². The quantitative estimate of drug-likeness (QED) is 0.846. The lowest BCUT2D eigenvalue weighted by Crippen LogP contribution is -2.67. The van der Waals surface area contributed by atoms with E-state index < -0.39 is 11.2 Å². The van der Waals surface area contributed by atoms with Gasteiger partial charge in [-0.05, 0) is 45.4 Å². The van der Waals surface area contributed by atoms with Crippen LogP contribution in [-0.2, 0) is 4.74 Å². The summed E-state index contributed by atoms with van der Waals surface area (Å²) >= 11 is 0. The molecule has 2 rings (SSSR count). The van der Waals surface area contributed by atoms with Gasteiger partial charge in [-0.3, -0.25) is 0 Å². The molecule has 1 N–H and O–H groups in total. The Labute approximate surface area is 122 Å². The van der Waals surface area contributed by atoms with E-state index in [4.69, 9.17) is 4.74 Å². The average Bonchev–Trinajstić information content (AvgIpc) is 2.33. The summed E-state index contributed by atoms with van der Waals surface area (Å²) < 4.78 is 5.34. The molecule has 116 valence electrons. The molecule has 20 heavy (non-hydrogen) atoms. The van der Waals surface area contributed by atoms with Crippen LogP contribution in [0.3, 0.4) is 0 Å². The fraction of sp³-hybridized carbons (Fsp3) is 0.938. The van der Waals surface area contributed by atoms with Gasteiger partial charge in [-0.2, -0.15) is 0 Å². The first-order chi connectivity index (χ1) is 9.23. The summed E-state index contributed by atoms with van der Waals surface area (Å²) in [5.74, 6) is 1.09. The normalized spacial score (nSPS) is 29.8. The van der Waals surface area contributed by atoms with Crippen molar-refractivity contribution >= 4 is 6.09 Å². The third-order valence-electron chi connectivity index (χ3n) is 4.70. The van der Waals surface area contributed by atoms with Crippen molar-refractivity contribution in [2.75, 3.05) is 13.1 Å². The lowest BCUT2D eigenvalue weighted by atomic mass is 9.69. The van der Waals surface area contributed by atoms with Gasteiger partial charge in [0.05, 0.1) is 13.1 Å². The number of nitrogens with zero attached hydrogens (tertiary/aromatic N) is 1. The van der Waals surface area contributed by atoms with Gasteiger partial charge in [-0.1, -0.05) is 26.2 Å². The van der Waals surface area contributed by atoms with E-state index in [2.05, 4.69) is 6.92 Å². The van der Waals surface area contributed by atoms with Crippen molar-refractivity contribution in [1.82, 2.24) is 4.90 Å². The number of likely N-dealkylation sites (tertiary alicyclic amines) is 1. The minimum atomic E-state index is -0.676. The van der Waals surface area contributed by atoms with E-state index in [9.17, 15) is 9.90 Å². The number of hydrogen-bond acceptors (Lipinski definition) is 3. The van der Waals surface area contributed by atoms with Crippen molar-refractivity contribution in [3.8, 4) is 0 Å². The SMILES string of the molecule is CCC1CCCC(C2(O)CN(C(=O)OC(C)(C)C)C2)C1. The molecule has 2 atom stereocenters. The highest BCUT2D eigenvalue weighted by Gasteiger charge is 2.50. The molecule has 1 heterocycles. The molecule has 2 aliphatic rings. The smallest absolute Gasteiger partial charge is 0.410 e. The molecule has 1 aliphatic heterocycles. The summed E-state index contributed by atoms with van der Waals surface area (Å²) in [5, 5.41) is 10.7. The Morgan fingerprint density at radius 2 is 2.00 bits per heavy atom. The van der Waals surface area contributed by atoms with Gasteiger partial charge in [0, 0.05) is 0 Å². The standard InChI is InChI=1S/C16H29NO3/c1-5-12-7-6-8-13(9-12)16(19)10-17(11-16)14(18)20-15(2,3)4/h12-13,19H,5-11H2,1-4H3. The molecule has 2 fully saturated rings. The van der Waals surface area contributed by atoms with Crippen molar-refractivity contribution in [2.24, 2.45) is 11.8 Å². The van der Waals surface area contributed by atoms with Crippen LogP contribution < -0.4 is 0 Å². The molecular formula is C16H29NO3. The van der Waals surface area contributed by atoms with Gasteiger partial charge in [0.2, 0.25) is 0 Å². The monoisotopic (exact) mass is 283 g/mol. The first-order valence-electron chi connectivity index (χ1n) is 7.94. The van der Waals surface area contributed by atoms with Crippen LogP contribution in [-0.4, -0.2) is 40.4 Å². The Kier molecular flexibility index (Phi) is 4.33. The number of ether oxygens (including phenoxy) is 1. The van der Waals surface area contributed by atoms with Gasteiger partial charge in [-0.15, -0.1) is 0 Å². The first-order valence-corrected chi connectivity index (χ1v) is 7.94. The second-order valence-corrected chi connectivity index (χ2v) is 7.58. The van der Waals surface area contributed by atoms with Crippen molar-refractivity contribution in [2.45, 2.75) is 71.0 Å². The molecule has 0 aromatic carbocycles. The average molecular weight is 283 g/mol. The summed E-state index contributed by atoms with van der Waals surface area (Å²) in [4.78, 5) is 13.6. The Hall–Kier alpha value is -0.770. The van der Waals surface area contributed by atoms with Gasteiger partial charge in [0.1, 0.15) is 11.2 Å². The van der Waals surface area contributed by atoms with E-state index >= 15 is 0 Å². The Bertz CT molecular complexity index is 355. The highest BCUT2D eigenvalue weighted by molar-refractivity contribution is 5.69. The molecule has 1 amide bonds. The van der Waals surface area contributed by atoms with Crippen LogP contribution in [0.15, 0.2) is 0 Å². The maximum Gasteiger partial charge on any atom is 0.410 e. The first kappa shape index (κ1) is 15.6. The zero-order valence-electron chi connectivity index (χ0n) is 13.3. The molecule has 1 saturated heterocycles. The number of rotatable bonds is 2. The third kappa shape index (κ3) is 3.46. The van der Waals surface area contributed by atoms with Gasteiger partial charge < -0.3 is 14.7 Å². The Morgan fingerprint density at radius 1 is 1.35 bits per heavy atom. The number of aliphatic hydroxyl groups is 1. The minimum Gasteiger partial charge on any atom is -0.444 e. The predicted octanol–water partition coefficient (Wildman–Crippen LogP) is 3.18. The van der Waals surface area contributed by atoms with Crippen LogP contribution in [0.25, 0.3) is 0 Å². The van der Waals surface area contributed by atoms with E-state index in [1.54, 1.807) is 4.90 Å². The Morgan fingerprint density at radius 3 is 2.55 bits per heavy atom. The van der Waals surface area contributed by atoms with Gasteiger partial charge in [0.25, 0.3) is 0 Å². The Balaban J connectivity index is 1.85. The summed E-state index contributed by atoms with van der Waals surface area (Å²) in [5.41, 5.74) is -1.15. The van der Waals surface area contributed by atoms with Crippen LogP contribution in [0, 0.1) is 11.8 Å². The van der Waals surface area contributed by atoms with Crippen molar-refractivity contribution < 1.29 is 14.6 Å². The molecule has 0 bridgehead atoms. The van der Waals surface area contributed by atoms with E-state index in [1.807, 2.05) is 20.8 Å². The van der Waals surface area contributed by atoms with Crippen LogP contribution in [0.4, 0.5) is 4.79 Å². The predicted molar refractivity (Wildman–Crippen MR) is 78.5 cm³/mol. The second kappa shape index (κ2) is 5.55. The van der Waals surface area contributed by atoms with Crippen molar-refractivity contribution in [1.29, 1.82) is 0 Å². The molecule has 1 aliphatic carbocycles. The largest absolute Gasteiger partial charge is 0.444 e. The molecule has 0 spiro atoms. The van der Waals surface area contributed by atoms with Gasteiger partial charge in [-0.25, -0.2) is 4.79 Å². The fourth-order valence-electron chi connectivity index (χ4n) is 3.48. The number of hydrogen-bond donors (Lipinski definition) is 1. The number of carbonyl (C=O) groups excluding carboxylic acids is 1. The lowest BCUT2D eigenvalue weighted by Gasteiger charge is -2.52. The highest BCUT2D eigenvalue weighted by Crippen LogP contribution is 2.41. The summed E-state index contributed by atoms with van der Waals surface area (Å²) in [6.07, 6.45) is 5.59. The molecule has 0 aromatic heterocycles. The van der Waals surface area contributed by atoms with Crippen LogP contribution in [0.5, 0.6) is 0 Å². The summed E-state index contributed by atoms with van der Waals surface area (Å²) in [6.45, 7) is 8.69. The van der Waals surface area contributed by atoms with Crippen LogP contribution in [0.2, 0.25) is 0 Å². The topological polar surface area (TPSA) is 49.8 Å². The molecule has 0 aromatic rings. The maximum atomic E-state index is 11.9. The van der Waals surface area contributed by atoms with Gasteiger partial charge >= 0.3 is 6.09 Å². The van der Waals surface area contributed by atoms with Gasteiger partial charge in [0.15, 0.2) is 0 Å². The van der Waals surface area contributed by atoms with Crippen LogP contribution >= 0.6 is 0 Å². The molecule has 1 saturated carbocycles. The molecular weight excluding hydrogens is 254 g/mol. The van der Waals surface area contributed by atoms with E-state index in [0.717, 1.165) is 18.8 Å². The molecule has 2 unspecified atom stereocenters. The third-order valence-corrected chi connectivity index (χ3v) is 4.70. The maximum absolute atomic E-state index is 11.9. The summed E-state index contributed by atoms with van der Waals surface area (Å²) in [7, 11) is 0. The second-order valence-electron chi connectivity index (χ2n) is 7.58. The fourth-order valence-corrected chi connectivity index (χ4v) is 3.48. The molecule has 4 nitrogen and oxygen atoms in total. The summed E-state index contributed by atoms with van der Waals surface area (Å²) in [6, 6.07) is 0. The highest BCUT2D eigenvalue weighted by atomic mass is 16.6. The van der Waals surface area contributed by atoms with E-state index in [0.29, 0.717) is 19.0 Å². The molecule has 0 radical (unpaired) electrons. The lowest BCUT2D eigenvalue weighted by molar-refractivity contribution is -0.142. The zero-order chi connectivity index (χ0) is 15.0. The number of amides is 1. The molecule has 4 heteroatoms.